The van der Waals surface area contributed by atoms with Crippen molar-refractivity contribution in [1.29, 1.82) is 0 Å². The normalized spacial score (nSPS) is 13.5. The number of carbonyl (C=O) groups excluding carboxylic acids is 1. The van der Waals surface area contributed by atoms with Gasteiger partial charge in [0.05, 0.1) is 5.69 Å². The van der Waals surface area contributed by atoms with E-state index in [-0.39, 0.29) is 5.91 Å². The Labute approximate surface area is 152 Å². The van der Waals surface area contributed by atoms with E-state index in [1.165, 1.54) is 0 Å². The number of anilines is 2. The Balaban J connectivity index is 1.64. The third kappa shape index (κ3) is 3.31. The van der Waals surface area contributed by atoms with E-state index in [0.29, 0.717) is 17.7 Å². The van der Waals surface area contributed by atoms with Crippen molar-refractivity contribution < 1.29 is 4.79 Å². The average molecular weight is 347 g/mol. The van der Waals surface area contributed by atoms with Gasteiger partial charge in [-0.1, -0.05) is 18.2 Å². The van der Waals surface area contributed by atoms with Crippen molar-refractivity contribution >= 4 is 17.5 Å². The number of amides is 1. The summed E-state index contributed by atoms with van der Waals surface area (Å²) in [5.74, 6) is 0.480. The summed E-state index contributed by atoms with van der Waals surface area (Å²) in [4.78, 5) is 24.6. The van der Waals surface area contributed by atoms with E-state index >= 15 is 0 Å². The van der Waals surface area contributed by atoms with E-state index < -0.39 is 0 Å². The highest BCUT2D eigenvalue weighted by atomic mass is 16.2. The van der Waals surface area contributed by atoms with E-state index in [9.17, 15) is 4.79 Å². The van der Waals surface area contributed by atoms with E-state index in [2.05, 4.69) is 25.6 Å². The minimum Gasteiger partial charge on any atom is -0.354 e. The second kappa shape index (κ2) is 6.63. The fraction of sp³-hybridized carbons (Fsp3) is 0.250. The van der Waals surface area contributed by atoms with Gasteiger partial charge in [0.1, 0.15) is 5.69 Å². The van der Waals surface area contributed by atoms with Gasteiger partial charge in [-0.05, 0) is 50.5 Å². The van der Waals surface area contributed by atoms with Gasteiger partial charge in [-0.2, -0.15) is 0 Å². The third-order valence-corrected chi connectivity index (χ3v) is 4.52. The maximum Gasteiger partial charge on any atom is 0.268 e. The summed E-state index contributed by atoms with van der Waals surface area (Å²) in [5, 5.41) is 6.24. The van der Waals surface area contributed by atoms with E-state index in [0.717, 1.165) is 41.0 Å². The van der Waals surface area contributed by atoms with Crippen molar-refractivity contribution in [2.75, 3.05) is 5.32 Å². The van der Waals surface area contributed by atoms with Crippen LogP contribution in [0.5, 0.6) is 0 Å². The van der Waals surface area contributed by atoms with Gasteiger partial charge in [0.25, 0.3) is 5.91 Å². The summed E-state index contributed by atoms with van der Waals surface area (Å²) in [6.07, 6.45) is 3.86. The van der Waals surface area contributed by atoms with Crippen LogP contribution in [0, 0.1) is 13.8 Å². The number of H-pyrrole nitrogens is 1. The van der Waals surface area contributed by atoms with Crippen LogP contribution in [0.1, 0.15) is 34.6 Å². The number of carbonyl (C=O) groups is 1. The zero-order chi connectivity index (χ0) is 18.1. The summed E-state index contributed by atoms with van der Waals surface area (Å²) < 4.78 is 0. The van der Waals surface area contributed by atoms with Crippen LogP contribution >= 0.6 is 0 Å². The van der Waals surface area contributed by atoms with Crippen LogP contribution in [-0.2, 0) is 0 Å². The SMILES string of the molecule is Cc1[nH]c(C(=O)NC2CC2)c(C)c1-c1ccnc(Nc2ccccc2)n1. The van der Waals surface area contributed by atoms with Crippen LogP contribution in [0.25, 0.3) is 11.3 Å². The van der Waals surface area contributed by atoms with Crippen LogP contribution < -0.4 is 10.6 Å². The van der Waals surface area contributed by atoms with Gasteiger partial charge < -0.3 is 15.6 Å². The lowest BCUT2D eigenvalue weighted by Gasteiger charge is -2.07. The third-order valence-electron chi connectivity index (χ3n) is 4.52. The maximum absolute atomic E-state index is 12.4. The van der Waals surface area contributed by atoms with Crippen molar-refractivity contribution in [3.05, 3.63) is 59.5 Å². The molecule has 0 unspecified atom stereocenters. The molecule has 26 heavy (non-hydrogen) atoms. The number of rotatable bonds is 5. The Morgan fingerprint density at radius 3 is 2.65 bits per heavy atom. The largest absolute Gasteiger partial charge is 0.354 e. The number of nitrogens with zero attached hydrogens (tertiary/aromatic N) is 2. The number of hydrogen-bond acceptors (Lipinski definition) is 4. The molecule has 1 aliphatic rings. The van der Waals surface area contributed by atoms with Crippen LogP contribution in [-0.4, -0.2) is 26.9 Å². The molecule has 132 valence electrons. The van der Waals surface area contributed by atoms with Crippen molar-refractivity contribution in [1.82, 2.24) is 20.3 Å². The molecular formula is C20H21N5O. The summed E-state index contributed by atoms with van der Waals surface area (Å²) >= 11 is 0. The zero-order valence-corrected chi connectivity index (χ0v) is 14.8. The highest BCUT2D eigenvalue weighted by molar-refractivity contribution is 5.96. The quantitative estimate of drug-likeness (QED) is 0.657. The number of nitrogens with one attached hydrogen (secondary N) is 3. The molecule has 4 rings (SSSR count). The molecule has 6 heteroatoms. The fourth-order valence-corrected chi connectivity index (χ4v) is 3.06. The number of aromatic nitrogens is 3. The van der Waals surface area contributed by atoms with Gasteiger partial charge in [-0.15, -0.1) is 0 Å². The first-order valence-corrected chi connectivity index (χ1v) is 8.77. The van der Waals surface area contributed by atoms with Gasteiger partial charge in [-0.25, -0.2) is 9.97 Å². The van der Waals surface area contributed by atoms with Crippen molar-refractivity contribution in [2.24, 2.45) is 0 Å². The van der Waals surface area contributed by atoms with E-state index in [1.807, 2.05) is 50.2 Å². The van der Waals surface area contributed by atoms with Gasteiger partial charge in [0, 0.05) is 29.2 Å². The van der Waals surface area contributed by atoms with Gasteiger partial charge in [0.2, 0.25) is 5.95 Å². The lowest BCUT2D eigenvalue weighted by Crippen LogP contribution is -2.26. The molecule has 1 fully saturated rings. The first-order chi connectivity index (χ1) is 12.6. The molecule has 3 aromatic rings. The van der Waals surface area contributed by atoms with Crippen molar-refractivity contribution in [3.63, 3.8) is 0 Å². The van der Waals surface area contributed by atoms with Crippen LogP contribution in [0.15, 0.2) is 42.6 Å². The monoisotopic (exact) mass is 347 g/mol. The molecular weight excluding hydrogens is 326 g/mol. The summed E-state index contributed by atoms with van der Waals surface area (Å²) in [6, 6.07) is 12.0. The van der Waals surface area contributed by atoms with Crippen LogP contribution in [0.2, 0.25) is 0 Å². The number of benzene rings is 1. The smallest absolute Gasteiger partial charge is 0.268 e. The molecule has 0 radical (unpaired) electrons. The van der Waals surface area contributed by atoms with Gasteiger partial charge >= 0.3 is 0 Å². The average Bonchev–Trinajstić information content (AvgIpc) is 3.39. The predicted molar refractivity (Wildman–Crippen MR) is 102 cm³/mol. The lowest BCUT2D eigenvalue weighted by molar-refractivity contribution is 0.0946. The Kier molecular flexibility index (Phi) is 4.16. The molecule has 2 aromatic heterocycles. The molecule has 1 amide bonds. The molecule has 6 nitrogen and oxygen atoms in total. The van der Waals surface area contributed by atoms with Crippen LogP contribution in [0.3, 0.4) is 0 Å². The molecule has 1 aromatic carbocycles. The first kappa shape index (κ1) is 16.3. The molecule has 0 saturated heterocycles. The van der Waals surface area contributed by atoms with Gasteiger partial charge in [0.15, 0.2) is 0 Å². The molecule has 0 atom stereocenters. The number of hydrogen-bond donors (Lipinski definition) is 3. The predicted octanol–water partition coefficient (Wildman–Crippen LogP) is 3.72. The minimum atomic E-state index is -0.0453. The van der Waals surface area contributed by atoms with Crippen molar-refractivity contribution in [3.8, 4) is 11.3 Å². The molecule has 1 aliphatic carbocycles. The standard InChI is InChI=1S/C20H21N5O/c1-12-17(13(2)22-18(12)19(26)23-15-8-9-15)16-10-11-21-20(25-16)24-14-6-4-3-5-7-14/h3-7,10-11,15,22H,8-9H2,1-2H3,(H,23,26)(H,21,24,25). The Bertz CT molecular complexity index is 944. The first-order valence-electron chi connectivity index (χ1n) is 8.77. The van der Waals surface area contributed by atoms with Crippen LogP contribution in [0.4, 0.5) is 11.6 Å². The van der Waals surface area contributed by atoms with Crippen molar-refractivity contribution in [2.45, 2.75) is 32.7 Å². The minimum absolute atomic E-state index is 0.0453. The summed E-state index contributed by atoms with van der Waals surface area (Å²) in [5.41, 5.74) is 5.11. The lowest BCUT2D eigenvalue weighted by atomic mass is 10.1. The number of para-hydroxylation sites is 1. The Morgan fingerprint density at radius 1 is 1.15 bits per heavy atom. The molecule has 0 bridgehead atoms. The summed E-state index contributed by atoms with van der Waals surface area (Å²) in [6.45, 7) is 3.91. The Morgan fingerprint density at radius 2 is 1.92 bits per heavy atom. The fourth-order valence-electron chi connectivity index (χ4n) is 3.06. The molecule has 3 N–H and O–H groups in total. The zero-order valence-electron chi connectivity index (χ0n) is 14.8. The second-order valence-corrected chi connectivity index (χ2v) is 6.63. The molecule has 2 heterocycles. The molecule has 1 saturated carbocycles. The summed E-state index contributed by atoms with van der Waals surface area (Å²) in [7, 11) is 0. The number of aromatic amines is 1. The highest BCUT2D eigenvalue weighted by Gasteiger charge is 2.26. The topological polar surface area (TPSA) is 82.7 Å². The van der Waals surface area contributed by atoms with E-state index in [1.54, 1.807) is 6.20 Å². The second-order valence-electron chi connectivity index (χ2n) is 6.63. The molecule has 0 spiro atoms. The highest BCUT2D eigenvalue weighted by Crippen LogP contribution is 2.29. The Hall–Kier alpha value is -3.15. The maximum atomic E-state index is 12.4. The number of aryl methyl sites for hydroxylation is 1. The van der Waals surface area contributed by atoms with Gasteiger partial charge in [-0.3, -0.25) is 4.79 Å². The van der Waals surface area contributed by atoms with E-state index in [4.69, 9.17) is 0 Å². The molecule has 0 aliphatic heterocycles.